The third-order valence-corrected chi connectivity index (χ3v) is 8.34. The molecule has 50 heavy (non-hydrogen) atoms. The number of carbonyl (C=O) groups excluding carboxylic acids is 3. The number of nitrogens with one attached hydrogen (secondary N) is 1. The van der Waals surface area contributed by atoms with Crippen LogP contribution in [0.1, 0.15) is 37.5 Å². The molecule has 0 fully saturated rings. The molecule has 0 saturated heterocycles. The molecule has 6 aromatic rings. The number of carbonyl (C=O) groups is 3. The van der Waals surface area contributed by atoms with Crippen molar-refractivity contribution in [3.63, 3.8) is 0 Å². The van der Waals surface area contributed by atoms with Gasteiger partial charge in [-0.25, -0.2) is 9.78 Å². The van der Waals surface area contributed by atoms with Gasteiger partial charge in [0.25, 0.3) is 5.91 Å². The predicted octanol–water partition coefficient (Wildman–Crippen LogP) is 7.38. The maximum absolute atomic E-state index is 13.7. The van der Waals surface area contributed by atoms with Crippen LogP contribution >= 0.6 is 0 Å². The molecule has 8 nitrogen and oxygen atoms in total. The lowest BCUT2D eigenvalue weighted by Crippen LogP contribution is -2.34. The first kappa shape index (κ1) is 33.6. The maximum atomic E-state index is 13.7. The smallest absolute Gasteiger partial charge is 0.328 e. The van der Waals surface area contributed by atoms with Gasteiger partial charge in [0.2, 0.25) is 0 Å². The number of anilines is 1. The van der Waals surface area contributed by atoms with E-state index in [1.165, 1.54) is 7.11 Å². The van der Waals surface area contributed by atoms with E-state index in [2.05, 4.69) is 10.3 Å². The van der Waals surface area contributed by atoms with Gasteiger partial charge < -0.3 is 19.7 Å². The van der Waals surface area contributed by atoms with E-state index in [4.69, 9.17) is 9.47 Å². The normalized spacial score (nSPS) is 11.4. The standard InChI is InChI=1S/C42H37N3O5/c1-49-42(48)39(44-37-19-11-9-17-35(37)40(46)33-15-6-3-7-16-33)28-30-20-23-34(24-21-30)50-27-26-45(29-31-12-4-2-5-13-31)41(47)38-25-22-32-14-8-10-18-36(32)43-38/h2-25,39,44H,26-29H2,1H3/t39-/m0/s1. The Morgan fingerprint density at radius 3 is 2.16 bits per heavy atom. The van der Waals surface area contributed by atoms with Crippen molar-refractivity contribution in [2.75, 3.05) is 25.6 Å². The van der Waals surface area contributed by atoms with Crippen LogP contribution < -0.4 is 10.1 Å². The van der Waals surface area contributed by atoms with Crippen LogP contribution in [-0.4, -0.2) is 53.8 Å². The third-order valence-electron chi connectivity index (χ3n) is 8.34. The Labute approximate surface area is 291 Å². The van der Waals surface area contributed by atoms with E-state index in [9.17, 15) is 14.4 Å². The average Bonchev–Trinajstić information content (AvgIpc) is 3.17. The lowest BCUT2D eigenvalue weighted by molar-refractivity contribution is -0.141. The minimum absolute atomic E-state index is 0.142. The van der Waals surface area contributed by atoms with E-state index in [0.717, 1.165) is 22.0 Å². The molecule has 8 heteroatoms. The molecule has 0 aliphatic heterocycles. The molecular weight excluding hydrogens is 626 g/mol. The Balaban J connectivity index is 1.11. The van der Waals surface area contributed by atoms with Crippen molar-refractivity contribution in [1.29, 1.82) is 0 Å². The Hall–Kier alpha value is -6.28. The van der Waals surface area contributed by atoms with E-state index >= 15 is 0 Å². The molecule has 0 aliphatic carbocycles. The molecular formula is C42H37N3O5. The summed E-state index contributed by atoms with van der Waals surface area (Å²) in [6.45, 7) is 1.03. The monoisotopic (exact) mass is 663 g/mol. The minimum atomic E-state index is -0.738. The summed E-state index contributed by atoms with van der Waals surface area (Å²) >= 11 is 0. The fourth-order valence-corrected chi connectivity index (χ4v) is 5.71. The van der Waals surface area contributed by atoms with Gasteiger partial charge in [0.15, 0.2) is 5.78 Å². The third kappa shape index (κ3) is 8.41. The first-order chi connectivity index (χ1) is 24.5. The fraction of sp³-hybridized carbons (Fsp3) is 0.143. The van der Waals surface area contributed by atoms with E-state index in [1.54, 1.807) is 41.3 Å². The number of pyridine rings is 1. The summed E-state index contributed by atoms with van der Waals surface area (Å²) in [6, 6.07) is 44.1. The number of hydrogen-bond donors (Lipinski definition) is 1. The molecule has 0 bridgehead atoms. The Kier molecular flexibility index (Phi) is 10.9. The van der Waals surface area contributed by atoms with Crippen molar-refractivity contribution in [2.45, 2.75) is 19.0 Å². The molecule has 0 saturated carbocycles. The van der Waals surface area contributed by atoms with Gasteiger partial charge in [0.1, 0.15) is 24.1 Å². The average molecular weight is 664 g/mol. The highest BCUT2D eigenvalue weighted by atomic mass is 16.5. The zero-order valence-electron chi connectivity index (χ0n) is 27.7. The molecule has 0 spiro atoms. The highest BCUT2D eigenvalue weighted by molar-refractivity contribution is 6.12. The van der Waals surface area contributed by atoms with E-state index < -0.39 is 12.0 Å². The summed E-state index contributed by atoms with van der Waals surface area (Å²) in [5, 5.41) is 4.22. The Bertz CT molecular complexity index is 2070. The van der Waals surface area contributed by atoms with Crippen molar-refractivity contribution in [1.82, 2.24) is 9.88 Å². The summed E-state index contributed by atoms with van der Waals surface area (Å²) < 4.78 is 11.2. The van der Waals surface area contributed by atoms with Crippen LogP contribution in [0.25, 0.3) is 10.9 Å². The number of rotatable bonds is 14. The van der Waals surface area contributed by atoms with Crippen LogP contribution in [-0.2, 0) is 22.5 Å². The first-order valence-electron chi connectivity index (χ1n) is 16.4. The van der Waals surface area contributed by atoms with Gasteiger partial charge in [-0.15, -0.1) is 0 Å². The second kappa shape index (κ2) is 16.2. The zero-order valence-corrected chi connectivity index (χ0v) is 27.7. The number of esters is 1. The number of para-hydroxylation sites is 2. The van der Waals surface area contributed by atoms with Gasteiger partial charge >= 0.3 is 5.97 Å². The van der Waals surface area contributed by atoms with Crippen molar-refractivity contribution in [2.24, 2.45) is 0 Å². The molecule has 0 aliphatic rings. The number of nitrogens with zero attached hydrogens (tertiary/aromatic N) is 2. The van der Waals surface area contributed by atoms with Gasteiger partial charge in [-0.05, 0) is 47.5 Å². The first-order valence-corrected chi connectivity index (χ1v) is 16.4. The molecule has 1 heterocycles. The second-order valence-corrected chi connectivity index (χ2v) is 11.8. The van der Waals surface area contributed by atoms with Gasteiger partial charge in [-0.2, -0.15) is 0 Å². The largest absolute Gasteiger partial charge is 0.492 e. The highest BCUT2D eigenvalue weighted by Crippen LogP contribution is 2.23. The Morgan fingerprint density at radius 1 is 0.720 bits per heavy atom. The molecule has 1 amide bonds. The number of fused-ring (bicyclic) bond motifs is 1. The number of ether oxygens (including phenoxy) is 2. The van der Waals surface area contributed by atoms with Gasteiger partial charge in [-0.3, -0.25) is 9.59 Å². The number of aromatic nitrogens is 1. The summed E-state index contributed by atoms with van der Waals surface area (Å²) in [4.78, 5) is 46.2. The fourth-order valence-electron chi connectivity index (χ4n) is 5.71. The summed E-state index contributed by atoms with van der Waals surface area (Å²) in [5.74, 6) is -0.134. The van der Waals surface area contributed by atoms with Crippen molar-refractivity contribution in [3.05, 3.63) is 174 Å². The number of ketones is 1. The maximum Gasteiger partial charge on any atom is 0.328 e. The van der Waals surface area contributed by atoms with Crippen LogP contribution in [0.15, 0.2) is 146 Å². The van der Waals surface area contributed by atoms with E-state index in [1.807, 2.05) is 109 Å². The van der Waals surface area contributed by atoms with Crippen LogP contribution in [0.4, 0.5) is 5.69 Å². The lowest BCUT2D eigenvalue weighted by Gasteiger charge is -2.23. The number of benzene rings is 5. The van der Waals surface area contributed by atoms with E-state index in [0.29, 0.717) is 47.8 Å². The lowest BCUT2D eigenvalue weighted by atomic mass is 10.00. The number of methoxy groups -OCH3 is 1. The quantitative estimate of drug-likeness (QED) is 0.0959. The SMILES string of the molecule is COC(=O)[C@H](Cc1ccc(OCCN(Cc2ccccc2)C(=O)c2ccc3ccccc3n2)cc1)Nc1ccccc1C(=O)c1ccccc1. The topological polar surface area (TPSA) is 97.8 Å². The molecule has 0 radical (unpaired) electrons. The van der Waals surface area contributed by atoms with Crippen molar-refractivity contribution >= 4 is 34.3 Å². The van der Waals surface area contributed by atoms with Gasteiger partial charge in [0, 0.05) is 35.2 Å². The molecule has 1 atom stereocenters. The predicted molar refractivity (Wildman–Crippen MR) is 194 cm³/mol. The van der Waals surface area contributed by atoms with Crippen molar-refractivity contribution in [3.8, 4) is 5.75 Å². The highest BCUT2D eigenvalue weighted by Gasteiger charge is 2.23. The molecule has 250 valence electrons. The van der Waals surface area contributed by atoms with Crippen LogP contribution in [0.3, 0.4) is 0 Å². The molecule has 5 aromatic carbocycles. The summed E-state index contributed by atoms with van der Waals surface area (Å²) in [7, 11) is 1.34. The Morgan fingerprint density at radius 2 is 1.40 bits per heavy atom. The van der Waals surface area contributed by atoms with Crippen LogP contribution in [0.2, 0.25) is 0 Å². The molecule has 1 aromatic heterocycles. The summed E-state index contributed by atoms with van der Waals surface area (Å²) in [5.41, 5.74) is 4.60. The van der Waals surface area contributed by atoms with Crippen LogP contribution in [0, 0.1) is 0 Å². The minimum Gasteiger partial charge on any atom is -0.492 e. The molecule has 1 N–H and O–H groups in total. The van der Waals surface area contributed by atoms with Gasteiger partial charge in [-0.1, -0.05) is 109 Å². The zero-order chi connectivity index (χ0) is 34.7. The summed E-state index contributed by atoms with van der Waals surface area (Å²) in [6.07, 6.45) is 0.318. The van der Waals surface area contributed by atoms with Crippen LogP contribution in [0.5, 0.6) is 5.75 Å². The number of amides is 1. The van der Waals surface area contributed by atoms with Gasteiger partial charge in [0.05, 0.1) is 19.2 Å². The molecule has 6 rings (SSSR count). The van der Waals surface area contributed by atoms with E-state index in [-0.39, 0.29) is 18.3 Å². The molecule has 0 unspecified atom stereocenters. The second-order valence-electron chi connectivity index (χ2n) is 11.8. The van der Waals surface area contributed by atoms with Crippen molar-refractivity contribution < 1.29 is 23.9 Å². The number of hydrogen-bond acceptors (Lipinski definition) is 7.